The van der Waals surface area contributed by atoms with Crippen LogP contribution in [0.2, 0.25) is 10.0 Å². The first-order chi connectivity index (χ1) is 31.0. The molecule has 0 bridgehead atoms. The maximum Gasteiger partial charge on any atom is 0.530 e. The van der Waals surface area contributed by atoms with Crippen LogP contribution in [0.3, 0.4) is 0 Å². The summed E-state index contributed by atoms with van der Waals surface area (Å²) >= 11 is 13.0. The van der Waals surface area contributed by atoms with Crippen molar-refractivity contribution in [1.29, 1.82) is 0 Å². The van der Waals surface area contributed by atoms with Crippen LogP contribution in [0.15, 0.2) is 180 Å². The van der Waals surface area contributed by atoms with Gasteiger partial charge in [0.15, 0.2) is 5.75 Å². The highest BCUT2D eigenvalue weighted by atomic mass is 35.5. The van der Waals surface area contributed by atoms with Gasteiger partial charge in [-0.3, -0.25) is 23.4 Å². The second kappa shape index (κ2) is 20.0. The lowest BCUT2D eigenvalue weighted by Gasteiger charge is -2.37. The van der Waals surface area contributed by atoms with Gasteiger partial charge in [-0.1, -0.05) is 157 Å². The predicted octanol–water partition coefficient (Wildman–Crippen LogP) is 10.9. The minimum absolute atomic E-state index is 0.0316. The van der Waals surface area contributed by atoms with E-state index < -0.39 is 49.0 Å². The van der Waals surface area contributed by atoms with Crippen LogP contribution in [0.5, 0.6) is 11.5 Å². The summed E-state index contributed by atoms with van der Waals surface area (Å²) in [5, 5.41) is 0.391. The average molecular weight is 920 g/mol. The summed E-state index contributed by atoms with van der Waals surface area (Å²) in [7, 11) is -3.10. The number of nitrogens with one attached hydrogen (secondary N) is 1. The van der Waals surface area contributed by atoms with E-state index in [1.165, 1.54) is 22.9 Å². The summed E-state index contributed by atoms with van der Waals surface area (Å²) in [6, 6.07) is 51.0. The first-order valence-electron chi connectivity index (χ1n) is 20.6. The van der Waals surface area contributed by atoms with E-state index in [1.807, 2.05) is 146 Å². The topological polar surface area (TPSA) is 127 Å². The van der Waals surface area contributed by atoms with Crippen LogP contribution in [0, 0.1) is 6.92 Å². The largest absolute Gasteiger partial charge is 0.530 e. The zero-order valence-electron chi connectivity index (χ0n) is 34.9. The van der Waals surface area contributed by atoms with E-state index in [4.69, 9.17) is 51.0 Å². The Morgan fingerprint density at radius 2 is 1.34 bits per heavy atom. The fourth-order valence-corrected chi connectivity index (χ4v) is 9.70. The molecule has 7 aromatic rings. The van der Waals surface area contributed by atoms with E-state index in [9.17, 15) is 9.59 Å². The van der Waals surface area contributed by atoms with Crippen molar-refractivity contribution in [2.45, 2.75) is 43.3 Å². The fraction of sp³-hybridized carbons (Fsp3) is 0.200. The summed E-state index contributed by atoms with van der Waals surface area (Å²) in [5.41, 5.74) is 2.05. The van der Waals surface area contributed by atoms with Crippen molar-refractivity contribution in [1.82, 2.24) is 9.55 Å². The average Bonchev–Trinajstić information content (AvgIpc) is 3.71. The third-order valence-electron chi connectivity index (χ3n) is 11.1. The van der Waals surface area contributed by atoms with Crippen molar-refractivity contribution in [3.8, 4) is 11.5 Å². The molecular formula is C50H45Cl2N2O9P. The molecule has 1 N–H and O–H groups in total. The van der Waals surface area contributed by atoms with Crippen LogP contribution in [0.25, 0.3) is 0 Å². The van der Waals surface area contributed by atoms with Crippen molar-refractivity contribution in [2.75, 3.05) is 20.3 Å². The Kier molecular flexibility index (Phi) is 14.0. The number of hydrogen-bond donors (Lipinski definition) is 1. The molecule has 1 saturated heterocycles. The zero-order valence-corrected chi connectivity index (χ0v) is 37.3. The van der Waals surface area contributed by atoms with Gasteiger partial charge in [0.1, 0.15) is 29.8 Å². The Labute approximate surface area is 380 Å². The molecule has 328 valence electrons. The van der Waals surface area contributed by atoms with Gasteiger partial charge < -0.3 is 18.7 Å². The first kappa shape index (κ1) is 44.8. The van der Waals surface area contributed by atoms with Gasteiger partial charge in [0.2, 0.25) is 0 Å². The molecule has 11 nitrogen and oxygen atoms in total. The summed E-state index contributed by atoms with van der Waals surface area (Å²) in [4.78, 5) is 28.2. The molecule has 64 heavy (non-hydrogen) atoms. The van der Waals surface area contributed by atoms with Gasteiger partial charge >= 0.3 is 13.5 Å². The Bertz CT molecular complexity index is 2730. The molecule has 1 aromatic heterocycles. The lowest BCUT2D eigenvalue weighted by molar-refractivity contribution is -0.0938. The fourth-order valence-electron chi connectivity index (χ4n) is 7.89. The second-order valence-corrected chi connectivity index (χ2v) is 17.6. The normalized spacial score (nSPS) is 17.2. The van der Waals surface area contributed by atoms with Gasteiger partial charge in [0.25, 0.3) is 5.56 Å². The van der Waals surface area contributed by atoms with Gasteiger partial charge in [-0.05, 0) is 59.0 Å². The van der Waals surface area contributed by atoms with Crippen LogP contribution < -0.4 is 20.5 Å². The molecule has 4 atom stereocenters. The maximum absolute atomic E-state index is 15.5. The van der Waals surface area contributed by atoms with Gasteiger partial charge in [0.05, 0.1) is 25.3 Å². The van der Waals surface area contributed by atoms with Gasteiger partial charge in [0, 0.05) is 35.2 Å². The molecule has 1 fully saturated rings. The molecule has 8 rings (SSSR count). The Morgan fingerprint density at radius 3 is 1.92 bits per heavy atom. The number of aromatic nitrogens is 2. The smallest absolute Gasteiger partial charge is 0.497 e. The molecule has 0 spiro atoms. The summed E-state index contributed by atoms with van der Waals surface area (Å²) in [5.74, 6) is 0.234. The van der Waals surface area contributed by atoms with E-state index in [-0.39, 0.29) is 41.0 Å². The van der Waals surface area contributed by atoms with Crippen LogP contribution in [-0.4, -0.2) is 42.1 Å². The molecule has 0 aliphatic carbocycles. The van der Waals surface area contributed by atoms with E-state index in [1.54, 1.807) is 20.1 Å². The van der Waals surface area contributed by atoms with Crippen LogP contribution >= 0.6 is 31.0 Å². The predicted molar refractivity (Wildman–Crippen MR) is 247 cm³/mol. The molecule has 0 saturated carbocycles. The van der Waals surface area contributed by atoms with E-state index in [0.717, 1.165) is 27.8 Å². The Balaban J connectivity index is 1.21. The number of benzene rings is 6. The number of phosphoric acid groups is 1. The highest BCUT2D eigenvalue weighted by Gasteiger charge is 2.47. The molecule has 6 aromatic carbocycles. The highest BCUT2D eigenvalue weighted by molar-refractivity contribution is 7.49. The van der Waals surface area contributed by atoms with Crippen molar-refractivity contribution in [2.24, 2.45) is 0 Å². The number of phosphoric ester groups is 1. The van der Waals surface area contributed by atoms with Gasteiger partial charge in [-0.25, -0.2) is 9.36 Å². The van der Waals surface area contributed by atoms with Crippen molar-refractivity contribution in [3.63, 3.8) is 0 Å². The Morgan fingerprint density at radius 1 is 0.781 bits per heavy atom. The second-order valence-electron chi connectivity index (χ2n) is 15.2. The van der Waals surface area contributed by atoms with Crippen LogP contribution in [-0.2, 0) is 28.7 Å². The number of methoxy groups -OCH3 is 1. The number of halogens is 2. The standard InChI is InChI=1S/C50H45Cl2N2O9P/c1-34-31-54(49(56)53-48(34)55)47-30-45(46(61-47)33-59-50(37-19-11-5-12-20-37,38-21-13-6-14-22-38)39-23-26-41(58-2)27-24-39)63-64(57,62-44-29-40(51)25-28-43(44)52)60-32-42(35-15-7-3-8-16-35)36-17-9-4-10-18-36/h3-29,31,42,45-47H,30,32-33H2,1-2H3,(H,53,55,56)/t45-,46+,47+,64?/m0/s1. The van der Waals surface area contributed by atoms with Crippen LogP contribution in [0.4, 0.5) is 0 Å². The quantitative estimate of drug-likeness (QED) is 0.0701. The number of ether oxygens (including phenoxy) is 3. The van der Waals surface area contributed by atoms with Crippen LogP contribution in [0.1, 0.15) is 51.9 Å². The number of rotatable bonds is 17. The first-order valence-corrected chi connectivity index (χ1v) is 22.8. The summed E-state index contributed by atoms with van der Waals surface area (Å²) < 4.78 is 55.3. The molecule has 14 heteroatoms. The van der Waals surface area contributed by atoms with Crippen molar-refractivity contribution in [3.05, 3.63) is 234 Å². The lowest BCUT2D eigenvalue weighted by atomic mass is 9.80. The molecule has 2 heterocycles. The molecule has 1 unspecified atom stereocenters. The molecule has 1 aliphatic heterocycles. The number of aromatic amines is 1. The van der Waals surface area contributed by atoms with E-state index in [0.29, 0.717) is 5.75 Å². The Hall–Kier alpha value is -5.75. The third-order valence-corrected chi connectivity index (χ3v) is 13.1. The molecule has 0 amide bonds. The maximum atomic E-state index is 15.5. The molecule has 0 radical (unpaired) electrons. The van der Waals surface area contributed by atoms with Gasteiger partial charge in [-0.2, -0.15) is 0 Å². The summed E-state index contributed by atoms with van der Waals surface area (Å²) in [6.45, 7) is 1.28. The molecule has 1 aliphatic rings. The summed E-state index contributed by atoms with van der Waals surface area (Å²) in [6.07, 6.45) is -1.73. The number of hydrogen-bond acceptors (Lipinski definition) is 9. The van der Waals surface area contributed by atoms with Crippen molar-refractivity contribution < 1.29 is 32.3 Å². The van der Waals surface area contributed by atoms with Gasteiger partial charge in [-0.15, -0.1) is 0 Å². The SMILES string of the molecule is COc1ccc(C(OC[C@H]2O[C@@H](n3cc(C)c(=O)[nH]c3=O)C[C@@H]2OP(=O)(OCC(c2ccccc2)c2ccccc2)Oc2cc(Cl)ccc2Cl)(c2ccccc2)c2ccccc2)cc1. The zero-order chi connectivity index (χ0) is 44.7. The minimum atomic E-state index is -4.70. The highest BCUT2D eigenvalue weighted by Crippen LogP contribution is 2.55. The number of nitrogens with zero attached hydrogens (tertiary/aromatic N) is 1. The lowest BCUT2D eigenvalue weighted by Crippen LogP contribution is -2.38. The minimum Gasteiger partial charge on any atom is -0.497 e. The number of aryl methyl sites for hydroxylation is 1. The van der Waals surface area contributed by atoms with E-state index >= 15 is 4.57 Å². The monoisotopic (exact) mass is 918 g/mol. The number of H-pyrrole nitrogens is 1. The van der Waals surface area contributed by atoms with Crippen molar-refractivity contribution >= 4 is 31.0 Å². The third kappa shape index (κ3) is 9.97. The molecular weight excluding hydrogens is 874 g/mol. The van der Waals surface area contributed by atoms with E-state index in [2.05, 4.69) is 4.98 Å².